The summed E-state index contributed by atoms with van der Waals surface area (Å²) >= 11 is 0. The van der Waals surface area contributed by atoms with Crippen LogP contribution in [0.4, 0.5) is 4.79 Å². The first-order valence-corrected chi connectivity index (χ1v) is 5.82. The highest BCUT2D eigenvalue weighted by Crippen LogP contribution is 2.24. The van der Waals surface area contributed by atoms with Gasteiger partial charge in [0.25, 0.3) is 0 Å². The number of nitrogens with zero attached hydrogens (tertiary/aromatic N) is 1. The summed E-state index contributed by atoms with van der Waals surface area (Å²) in [7, 11) is 2.03. The van der Waals surface area contributed by atoms with Crippen LogP contribution < -0.4 is 10.6 Å². The van der Waals surface area contributed by atoms with Crippen LogP contribution in [0.5, 0.6) is 0 Å². The van der Waals surface area contributed by atoms with Gasteiger partial charge in [-0.1, -0.05) is 0 Å². The zero-order valence-corrected chi connectivity index (χ0v) is 10.6. The Labute approximate surface area is 101 Å². The minimum Gasteiger partial charge on any atom is -0.480 e. The molecule has 0 heterocycles. The normalized spacial score (nSPS) is 15.8. The lowest BCUT2D eigenvalue weighted by Gasteiger charge is -2.22. The maximum Gasteiger partial charge on any atom is 0.328 e. The minimum absolute atomic E-state index is 0.443. The van der Waals surface area contributed by atoms with E-state index in [2.05, 4.69) is 15.5 Å². The second kappa shape index (κ2) is 5.35. The predicted octanol–water partition coefficient (Wildman–Crippen LogP) is 0.243. The average Bonchev–Trinajstić information content (AvgIpc) is 2.99. The standard InChI is InChI=1S/C11H21N3O3/c1-11(2,9(15)16)13-10(17)12-6-7-14(3)8-4-5-8/h8H,4-7H2,1-3H3,(H,15,16)(H2,12,13,17). The SMILES string of the molecule is CN(CCNC(=O)NC(C)(C)C(=O)O)C1CC1. The molecule has 1 rings (SSSR count). The Bertz CT molecular complexity index is 300. The molecule has 0 atom stereocenters. The minimum atomic E-state index is -1.24. The lowest BCUT2D eigenvalue weighted by molar-refractivity contribution is -0.142. The Hall–Kier alpha value is -1.30. The number of nitrogens with one attached hydrogen (secondary N) is 2. The first kappa shape index (κ1) is 13.8. The van der Waals surface area contributed by atoms with E-state index >= 15 is 0 Å². The van der Waals surface area contributed by atoms with Gasteiger partial charge >= 0.3 is 12.0 Å². The van der Waals surface area contributed by atoms with E-state index < -0.39 is 17.5 Å². The van der Waals surface area contributed by atoms with Gasteiger partial charge in [-0.3, -0.25) is 0 Å². The molecular formula is C11H21N3O3. The summed E-state index contributed by atoms with van der Waals surface area (Å²) in [6.07, 6.45) is 2.46. The molecule has 1 saturated carbocycles. The lowest BCUT2D eigenvalue weighted by atomic mass is 10.1. The van der Waals surface area contributed by atoms with Gasteiger partial charge in [-0.15, -0.1) is 0 Å². The molecule has 98 valence electrons. The zero-order valence-electron chi connectivity index (χ0n) is 10.6. The van der Waals surface area contributed by atoms with Crippen molar-refractivity contribution in [2.45, 2.75) is 38.3 Å². The molecule has 3 N–H and O–H groups in total. The molecule has 0 aromatic heterocycles. The maximum absolute atomic E-state index is 11.4. The number of carboxylic acid groups (broad SMARTS) is 1. The fraction of sp³-hybridized carbons (Fsp3) is 0.818. The number of amides is 2. The van der Waals surface area contributed by atoms with Crippen molar-refractivity contribution in [3.8, 4) is 0 Å². The molecule has 0 saturated heterocycles. The Morgan fingerprint density at radius 1 is 1.41 bits per heavy atom. The maximum atomic E-state index is 11.4. The monoisotopic (exact) mass is 243 g/mol. The van der Waals surface area contributed by atoms with Crippen molar-refractivity contribution in [2.24, 2.45) is 0 Å². The van der Waals surface area contributed by atoms with Gasteiger partial charge in [0.1, 0.15) is 5.54 Å². The predicted molar refractivity (Wildman–Crippen MR) is 63.9 cm³/mol. The summed E-state index contributed by atoms with van der Waals surface area (Å²) in [5.41, 5.74) is -1.24. The summed E-state index contributed by atoms with van der Waals surface area (Å²) in [6, 6.07) is 0.219. The fourth-order valence-electron chi connectivity index (χ4n) is 1.43. The molecule has 0 aliphatic heterocycles. The molecule has 0 unspecified atom stereocenters. The highest BCUT2D eigenvalue weighted by molar-refractivity contribution is 5.85. The zero-order chi connectivity index (χ0) is 13.1. The summed E-state index contributed by atoms with van der Waals surface area (Å²) in [4.78, 5) is 24.4. The van der Waals surface area contributed by atoms with E-state index in [9.17, 15) is 9.59 Å². The highest BCUT2D eigenvalue weighted by Gasteiger charge is 2.29. The van der Waals surface area contributed by atoms with Crippen molar-refractivity contribution >= 4 is 12.0 Å². The van der Waals surface area contributed by atoms with Gasteiger partial charge in [0.15, 0.2) is 0 Å². The van der Waals surface area contributed by atoms with E-state index in [1.165, 1.54) is 26.7 Å². The first-order chi connectivity index (χ1) is 7.83. The van der Waals surface area contributed by atoms with Crippen LogP contribution in [0.25, 0.3) is 0 Å². The largest absolute Gasteiger partial charge is 0.480 e. The van der Waals surface area contributed by atoms with Crippen molar-refractivity contribution in [2.75, 3.05) is 20.1 Å². The van der Waals surface area contributed by atoms with Crippen LogP contribution in [0.15, 0.2) is 0 Å². The first-order valence-electron chi connectivity index (χ1n) is 5.82. The third-order valence-electron chi connectivity index (χ3n) is 2.88. The van der Waals surface area contributed by atoms with Crippen molar-refractivity contribution in [1.29, 1.82) is 0 Å². The van der Waals surface area contributed by atoms with Crippen LogP contribution in [0.1, 0.15) is 26.7 Å². The Morgan fingerprint density at radius 2 is 2.00 bits per heavy atom. The lowest BCUT2D eigenvalue weighted by Crippen LogP contribution is -2.53. The van der Waals surface area contributed by atoms with Crippen LogP contribution in [0, 0.1) is 0 Å². The number of hydrogen-bond donors (Lipinski definition) is 3. The molecule has 1 aliphatic carbocycles. The van der Waals surface area contributed by atoms with Gasteiger partial charge in [0, 0.05) is 19.1 Å². The third-order valence-corrected chi connectivity index (χ3v) is 2.88. The number of likely N-dealkylation sites (N-methyl/N-ethyl adjacent to an activating group) is 1. The van der Waals surface area contributed by atoms with Crippen molar-refractivity contribution < 1.29 is 14.7 Å². The molecule has 0 radical (unpaired) electrons. The number of carbonyl (C=O) groups excluding carboxylic acids is 1. The summed E-state index contributed by atoms with van der Waals surface area (Å²) < 4.78 is 0. The Morgan fingerprint density at radius 3 is 2.47 bits per heavy atom. The van der Waals surface area contributed by atoms with Gasteiger partial charge in [0.2, 0.25) is 0 Å². The van der Waals surface area contributed by atoms with Gasteiger partial charge in [0.05, 0.1) is 0 Å². The van der Waals surface area contributed by atoms with E-state index in [0.717, 1.165) is 6.54 Å². The molecule has 1 fully saturated rings. The van der Waals surface area contributed by atoms with Gasteiger partial charge in [-0.2, -0.15) is 0 Å². The second-order valence-electron chi connectivity index (χ2n) is 5.02. The highest BCUT2D eigenvalue weighted by atomic mass is 16.4. The molecule has 0 aromatic rings. The van der Waals surface area contributed by atoms with E-state index in [-0.39, 0.29) is 0 Å². The molecule has 0 bridgehead atoms. The second-order valence-corrected chi connectivity index (χ2v) is 5.02. The number of carbonyl (C=O) groups is 2. The number of hydrogen-bond acceptors (Lipinski definition) is 3. The molecule has 1 aliphatic rings. The molecule has 17 heavy (non-hydrogen) atoms. The van der Waals surface area contributed by atoms with Crippen LogP contribution in [0.2, 0.25) is 0 Å². The summed E-state index contributed by atoms with van der Waals surface area (Å²) in [5.74, 6) is -1.05. The fourth-order valence-corrected chi connectivity index (χ4v) is 1.43. The van der Waals surface area contributed by atoms with Gasteiger partial charge < -0.3 is 20.6 Å². The van der Waals surface area contributed by atoms with E-state index in [1.807, 2.05) is 7.05 Å². The van der Waals surface area contributed by atoms with Gasteiger partial charge in [-0.05, 0) is 33.7 Å². The number of aliphatic carboxylic acids is 1. The van der Waals surface area contributed by atoms with E-state index in [4.69, 9.17) is 5.11 Å². The van der Waals surface area contributed by atoms with Crippen LogP contribution >= 0.6 is 0 Å². The van der Waals surface area contributed by atoms with Crippen LogP contribution in [-0.4, -0.2) is 53.7 Å². The van der Waals surface area contributed by atoms with E-state index in [0.29, 0.717) is 12.6 Å². The summed E-state index contributed by atoms with van der Waals surface area (Å²) in [6.45, 7) is 4.20. The van der Waals surface area contributed by atoms with Gasteiger partial charge in [-0.25, -0.2) is 9.59 Å². The Kier molecular flexibility index (Phi) is 4.34. The van der Waals surface area contributed by atoms with E-state index in [1.54, 1.807) is 0 Å². The number of carboxylic acids is 1. The molecule has 0 spiro atoms. The smallest absolute Gasteiger partial charge is 0.328 e. The number of urea groups is 1. The van der Waals surface area contributed by atoms with Crippen molar-refractivity contribution in [1.82, 2.24) is 15.5 Å². The Balaban J connectivity index is 2.18. The average molecular weight is 243 g/mol. The third kappa shape index (κ3) is 4.60. The summed E-state index contributed by atoms with van der Waals surface area (Å²) in [5, 5.41) is 13.9. The molecule has 0 aromatic carbocycles. The van der Waals surface area contributed by atoms with Crippen LogP contribution in [-0.2, 0) is 4.79 Å². The van der Waals surface area contributed by atoms with Crippen molar-refractivity contribution in [3.63, 3.8) is 0 Å². The molecule has 6 heteroatoms. The van der Waals surface area contributed by atoms with Crippen LogP contribution in [0.3, 0.4) is 0 Å². The molecule has 6 nitrogen and oxygen atoms in total. The molecule has 2 amide bonds. The number of rotatable bonds is 6. The topological polar surface area (TPSA) is 81.7 Å². The van der Waals surface area contributed by atoms with Crippen molar-refractivity contribution in [3.05, 3.63) is 0 Å². The quantitative estimate of drug-likeness (QED) is 0.624. The molecular weight excluding hydrogens is 222 g/mol.